The third-order valence-electron chi connectivity index (χ3n) is 5.00. The summed E-state index contributed by atoms with van der Waals surface area (Å²) < 4.78 is 22.1. The Balaban J connectivity index is 1.55. The number of hydrogen-bond donors (Lipinski definition) is 0. The number of rotatable bonds is 7. The Hall–Kier alpha value is -4.10. The largest absolute Gasteiger partial charge is 0.462 e. The molecule has 0 aliphatic rings. The maximum Gasteiger partial charge on any atom is 0.343 e. The van der Waals surface area contributed by atoms with Crippen molar-refractivity contribution in [3.63, 3.8) is 0 Å². The quantitative estimate of drug-likeness (QED) is 0.220. The molecule has 0 aliphatic heterocycles. The Kier molecular flexibility index (Phi) is 7.17. The highest BCUT2D eigenvalue weighted by atomic mass is 35.5. The molecule has 8 heteroatoms. The van der Waals surface area contributed by atoms with E-state index in [1.165, 1.54) is 24.3 Å². The van der Waals surface area contributed by atoms with Gasteiger partial charge in [-0.25, -0.2) is 9.59 Å². The molecule has 0 fully saturated rings. The van der Waals surface area contributed by atoms with Crippen LogP contribution in [0.25, 0.3) is 11.0 Å². The summed E-state index contributed by atoms with van der Waals surface area (Å²) >= 11 is 5.93. The minimum Gasteiger partial charge on any atom is -0.462 e. The van der Waals surface area contributed by atoms with Gasteiger partial charge in [0, 0.05) is 11.1 Å². The normalized spacial score (nSPS) is 10.7. The maximum atomic E-state index is 13.1. The summed E-state index contributed by atoms with van der Waals surface area (Å²) in [6.07, 6.45) is 0.732. The van der Waals surface area contributed by atoms with Crippen molar-refractivity contribution in [2.24, 2.45) is 0 Å². The molecular formula is C27H21ClO7. The summed E-state index contributed by atoms with van der Waals surface area (Å²) in [5.41, 5.74) is 0.532. The Morgan fingerprint density at radius 1 is 0.914 bits per heavy atom. The van der Waals surface area contributed by atoms with Crippen LogP contribution < -0.4 is 14.9 Å². The fourth-order valence-corrected chi connectivity index (χ4v) is 3.48. The predicted octanol–water partition coefficient (Wildman–Crippen LogP) is 6.33. The van der Waals surface area contributed by atoms with E-state index in [1.54, 1.807) is 49.4 Å². The molecule has 0 unspecified atom stereocenters. The first-order valence-corrected chi connectivity index (χ1v) is 11.2. The summed E-state index contributed by atoms with van der Waals surface area (Å²) in [4.78, 5) is 37.4. The number of aryl methyl sites for hydroxylation is 1. The van der Waals surface area contributed by atoms with Crippen LogP contribution >= 0.6 is 11.6 Å². The molecule has 0 amide bonds. The third-order valence-corrected chi connectivity index (χ3v) is 5.24. The summed E-state index contributed by atoms with van der Waals surface area (Å²) in [5, 5.41) is 0.672. The molecule has 7 nitrogen and oxygen atoms in total. The van der Waals surface area contributed by atoms with Crippen molar-refractivity contribution >= 4 is 34.5 Å². The smallest absolute Gasteiger partial charge is 0.343 e. The van der Waals surface area contributed by atoms with Gasteiger partial charge in [0.15, 0.2) is 0 Å². The van der Waals surface area contributed by atoms with Crippen LogP contribution in [0, 0.1) is 6.92 Å². The fourth-order valence-electron chi connectivity index (χ4n) is 3.29. The first-order chi connectivity index (χ1) is 16.9. The molecule has 0 aliphatic carbocycles. The summed E-state index contributed by atoms with van der Waals surface area (Å²) in [7, 11) is 0. The second-order valence-corrected chi connectivity index (χ2v) is 8.07. The van der Waals surface area contributed by atoms with Crippen molar-refractivity contribution in [3.05, 3.63) is 98.9 Å². The van der Waals surface area contributed by atoms with Gasteiger partial charge in [-0.3, -0.25) is 4.79 Å². The van der Waals surface area contributed by atoms with E-state index in [9.17, 15) is 14.4 Å². The van der Waals surface area contributed by atoms with E-state index in [2.05, 4.69) is 0 Å². The van der Waals surface area contributed by atoms with Crippen LogP contribution in [-0.2, 0) is 4.74 Å². The van der Waals surface area contributed by atoms with Crippen molar-refractivity contribution in [1.29, 1.82) is 0 Å². The third kappa shape index (κ3) is 5.53. The number of esters is 2. The second-order valence-electron chi connectivity index (χ2n) is 7.64. The summed E-state index contributed by atoms with van der Waals surface area (Å²) in [6.45, 7) is 3.85. The van der Waals surface area contributed by atoms with Crippen molar-refractivity contribution < 1.29 is 28.2 Å². The van der Waals surface area contributed by atoms with Crippen LogP contribution in [0.4, 0.5) is 0 Å². The zero-order chi connectivity index (χ0) is 24.9. The molecule has 1 aromatic heterocycles. The standard InChI is InChI=1S/C27H21ClO7/c1-3-13-32-26(30)17-7-9-20(10-8-17)34-25-16(2)33-23-15-21(11-12-22(23)24(25)29)35-27(31)18-5-4-6-19(28)14-18/h4-12,14-15H,3,13H2,1-2H3. The van der Waals surface area contributed by atoms with Gasteiger partial charge in [-0.15, -0.1) is 0 Å². The van der Waals surface area contributed by atoms with Crippen LogP contribution in [0.2, 0.25) is 5.02 Å². The monoisotopic (exact) mass is 492 g/mol. The molecule has 4 aromatic rings. The lowest BCUT2D eigenvalue weighted by atomic mass is 10.2. The molecule has 0 spiro atoms. The summed E-state index contributed by atoms with van der Waals surface area (Å²) in [6, 6.07) is 17.1. The number of carbonyl (C=O) groups excluding carboxylic acids is 2. The zero-order valence-electron chi connectivity index (χ0n) is 19.0. The lowest BCUT2D eigenvalue weighted by molar-refractivity contribution is 0.0504. The second kappa shape index (κ2) is 10.4. The van der Waals surface area contributed by atoms with E-state index >= 15 is 0 Å². The topological polar surface area (TPSA) is 92.0 Å². The van der Waals surface area contributed by atoms with E-state index < -0.39 is 11.9 Å². The molecule has 0 atom stereocenters. The lowest BCUT2D eigenvalue weighted by Gasteiger charge is -2.10. The van der Waals surface area contributed by atoms with Crippen molar-refractivity contribution in [1.82, 2.24) is 0 Å². The van der Waals surface area contributed by atoms with Crippen LogP contribution in [0.1, 0.15) is 39.8 Å². The number of fused-ring (bicyclic) bond motifs is 1. The van der Waals surface area contributed by atoms with E-state index in [4.69, 9.17) is 30.2 Å². The lowest BCUT2D eigenvalue weighted by Crippen LogP contribution is -2.10. The molecule has 0 radical (unpaired) electrons. The van der Waals surface area contributed by atoms with Gasteiger partial charge in [0.2, 0.25) is 11.2 Å². The van der Waals surface area contributed by atoms with Gasteiger partial charge in [-0.1, -0.05) is 24.6 Å². The number of benzene rings is 3. The Labute approximate surface area is 205 Å². The highest BCUT2D eigenvalue weighted by Gasteiger charge is 2.16. The van der Waals surface area contributed by atoms with E-state index in [1.807, 2.05) is 6.92 Å². The van der Waals surface area contributed by atoms with Crippen LogP contribution in [0.15, 0.2) is 75.9 Å². The SMILES string of the molecule is CCCOC(=O)c1ccc(Oc2c(C)oc3cc(OC(=O)c4cccc(Cl)c4)ccc3c2=O)cc1. The molecule has 35 heavy (non-hydrogen) atoms. The van der Waals surface area contributed by atoms with Gasteiger partial charge in [0.1, 0.15) is 22.8 Å². The van der Waals surface area contributed by atoms with Crippen molar-refractivity contribution in [2.45, 2.75) is 20.3 Å². The molecule has 4 rings (SSSR count). The molecular weight excluding hydrogens is 472 g/mol. The van der Waals surface area contributed by atoms with Gasteiger partial charge in [-0.2, -0.15) is 0 Å². The maximum absolute atomic E-state index is 13.1. The highest BCUT2D eigenvalue weighted by molar-refractivity contribution is 6.30. The first-order valence-electron chi connectivity index (χ1n) is 10.9. The molecule has 0 saturated carbocycles. The number of hydrogen-bond acceptors (Lipinski definition) is 7. The predicted molar refractivity (Wildman–Crippen MR) is 131 cm³/mol. The molecule has 1 heterocycles. The van der Waals surface area contributed by atoms with Gasteiger partial charge in [0.25, 0.3) is 0 Å². The first kappa shape index (κ1) is 24.0. The average molecular weight is 493 g/mol. The Morgan fingerprint density at radius 3 is 2.37 bits per heavy atom. The molecule has 0 bridgehead atoms. The van der Waals surface area contributed by atoms with Crippen LogP contribution in [0.5, 0.6) is 17.2 Å². The molecule has 3 aromatic carbocycles. The van der Waals surface area contributed by atoms with Crippen molar-refractivity contribution in [2.75, 3.05) is 6.61 Å². The van der Waals surface area contributed by atoms with Crippen LogP contribution in [-0.4, -0.2) is 18.5 Å². The van der Waals surface area contributed by atoms with Gasteiger partial charge >= 0.3 is 11.9 Å². The zero-order valence-corrected chi connectivity index (χ0v) is 19.8. The molecule has 178 valence electrons. The van der Waals surface area contributed by atoms with E-state index in [0.29, 0.717) is 28.5 Å². The Bertz CT molecular complexity index is 1460. The molecule has 0 N–H and O–H groups in total. The van der Waals surface area contributed by atoms with E-state index in [0.717, 1.165) is 6.42 Å². The fraction of sp³-hybridized carbons (Fsp3) is 0.148. The average Bonchev–Trinajstić information content (AvgIpc) is 2.85. The van der Waals surface area contributed by atoms with Crippen molar-refractivity contribution in [3.8, 4) is 17.2 Å². The molecule has 0 saturated heterocycles. The minimum atomic E-state index is -0.590. The number of ether oxygens (including phenoxy) is 3. The number of carbonyl (C=O) groups is 2. The Morgan fingerprint density at radius 2 is 1.66 bits per heavy atom. The highest BCUT2D eigenvalue weighted by Crippen LogP contribution is 2.28. The number of halogens is 1. The van der Waals surface area contributed by atoms with E-state index in [-0.39, 0.29) is 33.7 Å². The summed E-state index contributed by atoms with van der Waals surface area (Å²) in [5.74, 6) is -0.183. The minimum absolute atomic E-state index is 0.0162. The van der Waals surface area contributed by atoms with Crippen LogP contribution in [0.3, 0.4) is 0 Å². The van der Waals surface area contributed by atoms with Gasteiger partial charge in [0.05, 0.1) is 23.1 Å². The van der Waals surface area contributed by atoms with Gasteiger partial charge in [-0.05, 0) is 67.9 Å². The van der Waals surface area contributed by atoms with Gasteiger partial charge < -0.3 is 18.6 Å².